The maximum Gasteiger partial charge on any atom is 0.0775 e. The highest BCUT2D eigenvalue weighted by Crippen LogP contribution is 2.14. The van der Waals surface area contributed by atoms with Crippen molar-refractivity contribution in [2.45, 2.75) is 45.8 Å². The van der Waals surface area contributed by atoms with Gasteiger partial charge in [-0.3, -0.25) is 0 Å². The molecule has 0 aromatic heterocycles. The van der Waals surface area contributed by atoms with Crippen molar-refractivity contribution in [1.29, 1.82) is 0 Å². The fraction of sp³-hybridized carbons (Fsp3) is 0.647. The molecular weight excluding hydrogens is 246 g/mol. The molecule has 0 radical (unpaired) electrons. The summed E-state index contributed by atoms with van der Waals surface area (Å²) in [7, 11) is -1.13. The lowest BCUT2D eigenvalue weighted by atomic mass is 10.0. The van der Waals surface area contributed by atoms with Crippen LogP contribution in [0.5, 0.6) is 0 Å². The molecule has 0 N–H and O–H groups in total. The molecule has 0 saturated carbocycles. The van der Waals surface area contributed by atoms with Crippen molar-refractivity contribution >= 4 is 13.3 Å². The number of likely N-dealkylation sites (tertiary alicyclic amines) is 1. The van der Waals surface area contributed by atoms with Gasteiger partial charge in [0.15, 0.2) is 0 Å². The number of hydrogen-bond acceptors (Lipinski definition) is 1. The van der Waals surface area contributed by atoms with E-state index in [9.17, 15) is 0 Å². The van der Waals surface area contributed by atoms with Crippen LogP contribution in [0.25, 0.3) is 0 Å². The zero-order valence-corrected chi connectivity index (χ0v) is 14.1. The average Bonchev–Trinajstić information content (AvgIpc) is 2.81. The predicted molar refractivity (Wildman–Crippen MR) is 88.0 cm³/mol. The molecule has 1 aromatic rings. The summed E-state index contributed by atoms with van der Waals surface area (Å²) >= 11 is 0. The second-order valence-electron chi connectivity index (χ2n) is 7.26. The molecule has 0 amide bonds. The first-order chi connectivity index (χ1) is 8.95. The molecule has 106 valence electrons. The van der Waals surface area contributed by atoms with Crippen LogP contribution in [0.3, 0.4) is 0 Å². The number of rotatable bonds is 5. The largest absolute Gasteiger partial charge is 0.303 e. The minimum Gasteiger partial charge on any atom is -0.303 e. The van der Waals surface area contributed by atoms with Crippen molar-refractivity contribution in [3.63, 3.8) is 0 Å². The molecular formula is C17H29NSi. The molecule has 1 aliphatic heterocycles. The van der Waals surface area contributed by atoms with E-state index in [0.717, 1.165) is 5.92 Å². The fourth-order valence-electron chi connectivity index (χ4n) is 3.01. The predicted octanol–water partition coefficient (Wildman–Crippen LogP) is 3.51. The SMILES string of the molecule is CC(Cc1ccc([Si](C)(C)C)cc1)CN1CCCC1. The van der Waals surface area contributed by atoms with E-state index in [2.05, 4.69) is 55.7 Å². The first-order valence-electron chi connectivity index (χ1n) is 7.77. The summed E-state index contributed by atoms with van der Waals surface area (Å²) in [6.07, 6.45) is 4.03. The van der Waals surface area contributed by atoms with Gasteiger partial charge in [-0.25, -0.2) is 0 Å². The summed E-state index contributed by atoms with van der Waals surface area (Å²) < 4.78 is 0. The lowest BCUT2D eigenvalue weighted by Gasteiger charge is -2.21. The number of benzene rings is 1. The number of hydrogen-bond donors (Lipinski definition) is 0. The Morgan fingerprint density at radius 2 is 1.63 bits per heavy atom. The third kappa shape index (κ3) is 4.46. The maximum atomic E-state index is 2.63. The lowest BCUT2D eigenvalue weighted by molar-refractivity contribution is 0.287. The van der Waals surface area contributed by atoms with Gasteiger partial charge in [-0.1, -0.05) is 56.0 Å². The Labute approximate surface area is 120 Å². The zero-order chi connectivity index (χ0) is 13.9. The van der Waals surface area contributed by atoms with Gasteiger partial charge in [0.2, 0.25) is 0 Å². The molecule has 1 aromatic carbocycles. The van der Waals surface area contributed by atoms with Crippen molar-refractivity contribution in [3.8, 4) is 0 Å². The summed E-state index contributed by atoms with van der Waals surface area (Å²) in [4.78, 5) is 2.63. The molecule has 0 spiro atoms. The fourth-order valence-corrected chi connectivity index (χ4v) is 4.18. The normalized spacial score (nSPS) is 18.7. The first kappa shape index (κ1) is 14.8. The van der Waals surface area contributed by atoms with Crippen molar-refractivity contribution in [3.05, 3.63) is 29.8 Å². The Balaban J connectivity index is 1.88. The molecule has 0 aliphatic carbocycles. The summed E-state index contributed by atoms with van der Waals surface area (Å²) in [5, 5.41) is 1.57. The van der Waals surface area contributed by atoms with E-state index in [1.807, 2.05) is 0 Å². The second kappa shape index (κ2) is 6.23. The smallest absolute Gasteiger partial charge is 0.0775 e. The third-order valence-electron chi connectivity index (χ3n) is 4.17. The van der Waals surface area contributed by atoms with Gasteiger partial charge < -0.3 is 4.90 Å². The van der Waals surface area contributed by atoms with E-state index < -0.39 is 8.07 Å². The van der Waals surface area contributed by atoms with Crippen LogP contribution in [0.15, 0.2) is 24.3 Å². The molecule has 19 heavy (non-hydrogen) atoms. The van der Waals surface area contributed by atoms with Crippen molar-refractivity contribution in [2.75, 3.05) is 19.6 Å². The van der Waals surface area contributed by atoms with Crippen LogP contribution in [0.4, 0.5) is 0 Å². The molecule has 1 fully saturated rings. The van der Waals surface area contributed by atoms with Gasteiger partial charge in [0, 0.05) is 6.54 Å². The first-order valence-corrected chi connectivity index (χ1v) is 11.3. The molecule has 1 saturated heterocycles. The molecule has 2 heteroatoms. The van der Waals surface area contributed by atoms with Crippen LogP contribution in [0.2, 0.25) is 19.6 Å². The van der Waals surface area contributed by atoms with Gasteiger partial charge in [-0.2, -0.15) is 0 Å². The molecule has 1 unspecified atom stereocenters. The van der Waals surface area contributed by atoms with E-state index >= 15 is 0 Å². The summed E-state index contributed by atoms with van der Waals surface area (Å²) in [5.41, 5.74) is 1.51. The van der Waals surface area contributed by atoms with Crippen LogP contribution < -0.4 is 5.19 Å². The van der Waals surface area contributed by atoms with Gasteiger partial charge >= 0.3 is 0 Å². The van der Waals surface area contributed by atoms with Gasteiger partial charge in [-0.15, -0.1) is 0 Å². The quantitative estimate of drug-likeness (QED) is 0.743. The minimum atomic E-state index is -1.13. The van der Waals surface area contributed by atoms with Gasteiger partial charge in [-0.05, 0) is 43.8 Å². The molecule has 1 atom stereocenters. The monoisotopic (exact) mass is 275 g/mol. The van der Waals surface area contributed by atoms with Crippen molar-refractivity contribution < 1.29 is 0 Å². The van der Waals surface area contributed by atoms with Crippen LogP contribution in [-0.4, -0.2) is 32.6 Å². The maximum absolute atomic E-state index is 2.63. The molecule has 2 rings (SSSR count). The van der Waals surface area contributed by atoms with E-state index in [-0.39, 0.29) is 0 Å². The van der Waals surface area contributed by atoms with Crippen LogP contribution >= 0.6 is 0 Å². The number of nitrogens with zero attached hydrogens (tertiary/aromatic N) is 1. The van der Waals surface area contributed by atoms with Crippen LogP contribution in [0, 0.1) is 5.92 Å². The van der Waals surface area contributed by atoms with Gasteiger partial charge in [0.1, 0.15) is 0 Å². The lowest BCUT2D eigenvalue weighted by Crippen LogP contribution is -2.37. The van der Waals surface area contributed by atoms with Gasteiger partial charge in [0.25, 0.3) is 0 Å². The molecule has 1 aliphatic rings. The van der Waals surface area contributed by atoms with Crippen molar-refractivity contribution in [2.24, 2.45) is 5.92 Å². The Bertz CT molecular complexity index is 385. The second-order valence-corrected chi connectivity index (χ2v) is 12.3. The Hall–Kier alpha value is -0.603. The van der Waals surface area contributed by atoms with Crippen LogP contribution in [0.1, 0.15) is 25.3 Å². The van der Waals surface area contributed by atoms with E-state index in [1.54, 1.807) is 5.19 Å². The van der Waals surface area contributed by atoms with Crippen LogP contribution in [-0.2, 0) is 6.42 Å². The summed E-state index contributed by atoms with van der Waals surface area (Å²) in [6, 6.07) is 9.44. The average molecular weight is 276 g/mol. The van der Waals surface area contributed by atoms with Crippen molar-refractivity contribution in [1.82, 2.24) is 4.90 Å². The summed E-state index contributed by atoms with van der Waals surface area (Å²) in [6.45, 7) is 13.5. The summed E-state index contributed by atoms with van der Waals surface area (Å²) in [5.74, 6) is 0.774. The minimum absolute atomic E-state index is 0.774. The molecule has 0 bridgehead atoms. The van der Waals surface area contributed by atoms with E-state index in [4.69, 9.17) is 0 Å². The third-order valence-corrected chi connectivity index (χ3v) is 6.24. The highest BCUT2D eigenvalue weighted by Gasteiger charge is 2.17. The highest BCUT2D eigenvalue weighted by atomic mass is 28.3. The van der Waals surface area contributed by atoms with E-state index in [0.29, 0.717) is 0 Å². The molecule has 1 heterocycles. The Kier molecular flexibility index (Phi) is 4.85. The topological polar surface area (TPSA) is 3.24 Å². The Morgan fingerprint density at radius 1 is 1.05 bits per heavy atom. The highest BCUT2D eigenvalue weighted by molar-refractivity contribution is 6.88. The zero-order valence-electron chi connectivity index (χ0n) is 13.1. The Morgan fingerprint density at radius 3 is 2.16 bits per heavy atom. The molecule has 1 nitrogen and oxygen atoms in total. The van der Waals surface area contributed by atoms with E-state index in [1.165, 1.54) is 44.5 Å². The standard InChI is InChI=1S/C17H29NSi/c1-15(14-18-11-5-6-12-18)13-16-7-9-17(10-8-16)19(2,3)4/h7-10,15H,5-6,11-14H2,1-4H3. The van der Waals surface area contributed by atoms with Gasteiger partial charge in [0.05, 0.1) is 8.07 Å².